The number of oxazole rings is 1. The Bertz CT molecular complexity index is 1290. The van der Waals surface area contributed by atoms with Gasteiger partial charge >= 0.3 is 5.69 Å². The van der Waals surface area contributed by atoms with Crippen molar-refractivity contribution in [1.82, 2.24) is 4.98 Å². The predicted molar refractivity (Wildman–Crippen MR) is 119 cm³/mol. The van der Waals surface area contributed by atoms with E-state index in [1.807, 2.05) is 24.3 Å². The van der Waals surface area contributed by atoms with E-state index in [0.29, 0.717) is 22.7 Å². The summed E-state index contributed by atoms with van der Waals surface area (Å²) in [5, 5.41) is 21.2. The van der Waals surface area contributed by atoms with Gasteiger partial charge in [0.1, 0.15) is 5.52 Å². The molecule has 0 spiro atoms. The van der Waals surface area contributed by atoms with E-state index < -0.39 is 16.4 Å². The molecule has 0 radical (unpaired) electrons. The van der Waals surface area contributed by atoms with Crippen LogP contribution in [0.25, 0.3) is 22.6 Å². The summed E-state index contributed by atoms with van der Waals surface area (Å²) in [5.74, 6) is 0.00869. The molecule has 0 amide bonds. The van der Waals surface area contributed by atoms with Gasteiger partial charge in [-0.15, -0.1) is 0 Å². The van der Waals surface area contributed by atoms with Crippen LogP contribution in [0.5, 0.6) is 5.75 Å². The van der Waals surface area contributed by atoms with Crippen molar-refractivity contribution < 1.29 is 14.4 Å². The molecule has 0 saturated carbocycles. The van der Waals surface area contributed by atoms with Crippen LogP contribution in [0.2, 0.25) is 5.02 Å². The van der Waals surface area contributed by atoms with E-state index in [1.165, 1.54) is 12.3 Å². The van der Waals surface area contributed by atoms with Crippen molar-refractivity contribution in [3.63, 3.8) is 0 Å². The maximum atomic E-state index is 11.0. The van der Waals surface area contributed by atoms with E-state index >= 15 is 0 Å². The number of hydrogen-bond donors (Lipinski definition) is 1. The number of aromatic nitrogens is 1. The first kappa shape index (κ1) is 19.3. The third-order valence-electron chi connectivity index (χ3n) is 4.08. The number of benzene rings is 3. The summed E-state index contributed by atoms with van der Waals surface area (Å²) in [6.45, 7) is 0. The number of hydrogen-bond acceptors (Lipinski definition) is 6. The SMILES string of the molecule is O=[N+]([O-])c1cc(Cl)cc(C=Nc2ccc3oc(-c4cccc(I)c4)nc3c2)c1O. The van der Waals surface area contributed by atoms with Crippen LogP contribution in [0.1, 0.15) is 5.56 Å². The van der Waals surface area contributed by atoms with Gasteiger partial charge in [-0.25, -0.2) is 4.98 Å². The second kappa shape index (κ2) is 7.80. The minimum Gasteiger partial charge on any atom is -0.502 e. The van der Waals surface area contributed by atoms with Crippen LogP contribution in [0.4, 0.5) is 11.4 Å². The molecule has 3 aromatic carbocycles. The lowest BCUT2D eigenvalue weighted by Gasteiger charge is -2.01. The third-order valence-corrected chi connectivity index (χ3v) is 4.97. The van der Waals surface area contributed by atoms with Crippen molar-refractivity contribution in [3.8, 4) is 17.2 Å². The number of nitrogens with zero attached hydrogens (tertiary/aromatic N) is 3. The number of halogens is 2. The van der Waals surface area contributed by atoms with Gasteiger partial charge in [0.25, 0.3) is 0 Å². The fourth-order valence-electron chi connectivity index (χ4n) is 2.73. The Morgan fingerprint density at radius 1 is 1.21 bits per heavy atom. The Kier molecular flexibility index (Phi) is 5.20. The lowest BCUT2D eigenvalue weighted by Crippen LogP contribution is -1.92. The average molecular weight is 520 g/mol. The highest BCUT2D eigenvalue weighted by molar-refractivity contribution is 14.1. The van der Waals surface area contributed by atoms with Gasteiger partial charge < -0.3 is 9.52 Å². The highest BCUT2D eigenvalue weighted by Gasteiger charge is 2.17. The summed E-state index contributed by atoms with van der Waals surface area (Å²) in [6.07, 6.45) is 1.32. The van der Waals surface area contributed by atoms with Crippen LogP contribution in [0, 0.1) is 13.7 Å². The second-order valence-corrected chi connectivity index (χ2v) is 7.74. The quantitative estimate of drug-likeness (QED) is 0.152. The number of aromatic hydroxyl groups is 1. The van der Waals surface area contributed by atoms with E-state index in [0.717, 1.165) is 15.2 Å². The van der Waals surface area contributed by atoms with Gasteiger partial charge in [-0.3, -0.25) is 15.1 Å². The molecule has 4 rings (SSSR count). The van der Waals surface area contributed by atoms with E-state index in [-0.39, 0.29) is 10.6 Å². The zero-order valence-corrected chi connectivity index (χ0v) is 17.5. The molecule has 0 bridgehead atoms. The van der Waals surface area contributed by atoms with Crippen LogP contribution in [0.3, 0.4) is 0 Å². The zero-order chi connectivity index (χ0) is 20.5. The van der Waals surface area contributed by atoms with Crippen molar-refractivity contribution in [2.24, 2.45) is 4.99 Å². The lowest BCUT2D eigenvalue weighted by molar-refractivity contribution is -0.385. The van der Waals surface area contributed by atoms with Crippen LogP contribution in [0.15, 0.2) is 64.0 Å². The fraction of sp³-hybridized carbons (Fsp3) is 0. The molecule has 1 heterocycles. The molecule has 9 heteroatoms. The van der Waals surface area contributed by atoms with Gasteiger partial charge in [0, 0.05) is 32.0 Å². The third kappa shape index (κ3) is 4.08. The van der Waals surface area contributed by atoms with Gasteiger partial charge in [0.05, 0.1) is 10.6 Å². The van der Waals surface area contributed by atoms with Gasteiger partial charge in [0.15, 0.2) is 5.58 Å². The first-order valence-corrected chi connectivity index (χ1v) is 9.74. The summed E-state index contributed by atoms with van der Waals surface area (Å²) in [6, 6.07) is 15.5. The topological polar surface area (TPSA) is 102 Å². The number of aliphatic imine (C=N–C) groups is 1. The molecule has 0 aliphatic carbocycles. The van der Waals surface area contributed by atoms with E-state index in [2.05, 4.69) is 32.6 Å². The highest BCUT2D eigenvalue weighted by atomic mass is 127. The van der Waals surface area contributed by atoms with Crippen molar-refractivity contribution in [2.75, 3.05) is 0 Å². The fourth-order valence-corrected chi connectivity index (χ4v) is 3.49. The summed E-state index contributed by atoms with van der Waals surface area (Å²) in [5.41, 5.74) is 2.31. The van der Waals surface area contributed by atoms with Crippen LogP contribution >= 0.6 is 34.2 Å². The Labute approximate surface area is 183 Å². The molecule has 0 aliphatic rings. The molecule has 7 nitrogen and oxygen atoms in total. The van der Waals surface area contributed by atoms with Gasteiger partial charge in [0.2, 0.25) is 11.6 Å². The normalized spacial score (nSPS) is 11.4. The summed E-state index contributed by atoms with van der Waals surface area (Å²) < 4.78 is 6.88. The molecule has 1 aromatic heterocycles. The van der Waals surface area contributed by atoms with E-state index in [9.17, 15) is 15.2 Å². The Hall–Kier alpha value is -2.98. The summed E-state index contributed by atoms with van der Waals surface area (Å²) in [7, 11) is 0. The minimum atomic E-state index is -0.702. The maximum Gasteiger partial charge on any atom is 0.312 e. The van der Waals surface area contributed by atoms with Crippen molar-refractivity contribution >= 4 is 62.9 Å². The van der Waals surface area contributed by atoms with Crippen LogP contribution in [-0.2, 0) is 0 Å². The number of nitro benzene ring substituents is 1. The van der Waals surface area contributed by atoms with Crippen molar-refractivity contribution in [3.05, 3.63) is 78.9 Å². The monoisotopic (exact) mass is 519 g/mol. The standard InChI is InChI=1S/C20H11ClIN3O4/c21-13-6-12(19(26)17(8-13)25(27)28)10-23-15-4-5-18-16(9-15)24-20(29-18)11-2-1-3-14(22)7-11/h1-10,26H. The molecule has 0 unspecified atom stereocenters. The number of fused-ring (bicyclic) bond motifs is 1. The van der Waals surface area contributed by atoms with E-state index in [1.54, 1.807) is 18.2 Å². The molecule has 0 atom stereocenters. The zero-order valence-electron chi connectivity index (χ0n) is 14.5. The average Bonchev–Trinajstić information content (AvgIpc) is 3.11. The first-order valence-electron chi connectivity index (χ1n) is 8.28. The first-order chi connectivity index (χ1) is 13.9. The maximum absolute atomic E-state index is 11.0. The Morgan fingerprint density at radius 2 is 2.03 bits per heavy atom. The van der Waals surface area contributed by atoms with E-state index in [4.69, 9.17) is 16.0 Å². The minimum absolute atomic E-state index is 0.130. The van der Waals surface area contributed by atoms with Crippen molar-refractivity contribution in [1.29, 1.82) is 0 Å². The Morgan fingerprint density at radius 3 is 2.79 bits per heavy atom. The summed E-state index contributed by atoms with van der Waals surface area (Å²) in [4.78, 5) is 19.1. The molecular formula is C20H11ClIN3O4. The molecule has 0 aliphatic heterocycles. The summed E-state index contributed by atoms with van der Waals surface area (Å²) >= 11 is 8.12. The van der Waals surface area contributed by atoms with Gasteiger partial charge in [-0.05, 0) is 65.1 Å². The molecule has 0 fully saturated rings. The van der Waals surface area contributed by atoms with Gasteiger partial charge in [-0.2, -0.15) is 0 Å². The molecule has 144 valence electrons. The highest BCUT2D eigenvalue weighted by Crippen LogP contribution is 2.33. The Balaban J connectivity index is 1.68. The number of phenols is 1. The molecule has 4 aromatic rings. The molecular weight excluding hydrogens is 509 g/mol. The van der Waals surface area contributed by atoms with Crippen molar-refractivity contribution in [2.45, 2.75) is 0 Å². The molecule has 29 heavy (non-hydrogen) atoms. The number of rotatable bonds is 4. The lowest BCUT2D eigenvalue weighted by atomic mass is 10.2. The van der Waals surface area contributed by atoms with Crippen LogP contribution in [-0.4, -0.2) is 21.2 Å². The predicted octanol–water partition coefficient (Wildman–Crippen LogP) is 6.12. The largest absolute Gasteiger partial charge is 0.502 e. The molecule has 0 saturated heterocycles. The van der Waals surface area contributed by atoms with Crippen LogP contribution < -0.4 is 0 Å². The number of phenolic OH excluding ortho intramolecular Hbond substituents is 1. The second-order valence-electron chi connectivity index (χ2n) is 6.06. The molecule has 1 N–H and O–H groups in total. The van der Waals surface area contributed by atoms with Gasteiger partial charge in [-0.1, -0.05) is 17.7 Å². The smallest absolute Gasteiger partial charge is 0.312 e. The number of nitro groups is 1.